The Labute approximate surface area is 132 Å². The van der Waals surface area contributed by atoms with Gasteiger partial charge in [0.05, 0.1) is 10.6 Å². The fourth-order valence-electron chi connectivity index (χ4n) is 2.49. The fourth-order valence-corrected chi connectivity index (χ4v) is 2.65. The summed E-state index contributed by atoms with van der Waals surface area (Å²) in [6.45, 7) is 8.18. The summed E-state index contributed by atoms with van der Waals surface area (Å²) in [4.78, 5) is 11.0. The zero-order chi connectivity index (χ0) is 16.0. The Bertz CT molecular complexity index is 581. The van der Waals surface area contributed by atoms with Crippen molar-refractivity contribution >= 4 is 17.9 Å². The van der Waals surface area contributed by atoms with E-state index in [9.17, 15) is 4.79 Å². The van der Waals surface area contributed by atoms with Crippen LogP contribution in [-0.4, -0.2) is 6.29 Å². The topological polar surface area (TPSA) is 40.9 Å². The molecule has 3 heteroatoms. The molecule has 0 bridgehead atoms. The summed E-state index contributed by atoms with van der Waals surface area (Å²) < 4.78 is 0. The largest absolute Gasteiger partial charge is 0.303 e. The predicted molar refractivity (Wildman–Crippen MR) is 87.4 cm³/mol. The SMILES string of the molecule is CC(C)=CCC(C)(CC(C)C=O)c1ccc(Cl)c(C#N)c1. The zero-order valence-corrected chi connectivity index (χ0v) is 13.9. The van der Waals surface area contributed by atoms with E-state index in [1.807, 2.05) is 19.1 Å². The van der Waals surface area contributed by atoms with Crippen LogP contribution in [0.3, 0.4) is 0 Å². The molecule has 2 unspecified atom stereocenters. The Kier molecular flexibility index (Phi) is 6.18. The minimum atomic E-state index is -0.187. The molecule has 0 amide bonds. The third kappa shape index (κ3) is 4.72. The molecule has 0 aliphatic heterocycles. The second kappa shape index (κ2) is 7.43. The van der Waals surface area contributed by atoms with Crippen molar-refractivity contribution in [2.24, 2.45) is 5.92 Å². The van der Waals surface area contributed by atoms with E-state index >= 15 is 0 Å². The summed E-state index contributed by atoms with van der Waals surface area (Å²) in [5.41, 5.74) is 2.59. The first-order valence-electron chi connectivity index (χ1n) is 7.11. The van der Waals surface area contributed by atoms with Gasteiger partial charge in [0.15, 0.2) is 0 Å². The van der Waals surface area contributed by atoms with Gasteiger partial charge in [-0.1, -0.05) is 43.2 Å². The lowest BCUT2D eigenvalue weighted by Crippen LogP contribution is -2.25. The van der Waals surface area contributed by atoms with Gasteiger partial charge in [-0.05, 0) is 49.8 Å². The zero-order valence-electron chi connectivity index (χ0n) is 13.1. The Hall–Kier alpha value is -1.59. The lowest BCUT2D eigenvalue weighted by molar-refractivity contribution is -0.111. The van der Waals surface area contributed by atoms with Gasteiger partial charge in [-0.2, -0.15) is 5.26 Å². The van der Waals surface area contributed by atoms with E-state index in [1.54, 1.807) is 6.07 Å². The molecule has 0 fully saturated rings. The summed E-state index contributed by atoms with van der Waals surface area (Å²) in [6.07, 6.45) is 4.74. The van der Waals surface area contributed by atoms with Crippen LogP contribution in [0.25, 0.3) is 0 Å². The van der Waals surface area contributed by atoms with Crippen LogP contribution in [0.5, 0.6) is 0 Å². The van der Waals surface area contributed by atoms with Gasteiger partial charge in [0, 0.05) is 5.92 Å². The summed E-state index contributed by atoms with van der Waals surface area (Å²) in [5, 5.41) is 9.62. The van der Waals surface area contributed by atoms with E-state index in [-0.39, 0.29) is 11.3 Å². The molecule has 0 heterocycles. The summed E-state index contributed by atoms with van der Waals surface area (Å²) in [7, 11) is 0. The van der Waals surface area contributed by atoms with Gasteiger partial charge in [-0.25, -0.2) is 0 Å². The number of carbonyl (C=O) groups excluding carboxylic acids is 1. The molecule has 0 aromatic heterocycles. The Morgan fingerprint density at radius 1 is 1.48 bits per heavy atom. The number of hydrogen-bond donors (Lipinski definition) is 0. The van der Waals surface area contributed by atoms with Crippen molar-refractivity contribution in [1.82, 2.24) is 0 Å². The van der Waals surface area contributed by atoms with E-state index in [1.165, 1.54) is 5.57 Å². The van der Waals surface area contributed by atoms with Gasteiger partial charge >= 0.3 is 0 Å². The average Bonchev–Trinajstić information content (AvgIpc) is 2.45. The number of halogens is 1. The fraction of sp³-hybridized carbons (Fsp3) is 0.444. The molecule has 2 atom stereocenters. The number of allylic oxidation sites excluding steroid dienone is 2. The van der Waals surface area contributed by atoms with Crippen molar-refractivity contribution in [2.75, 3.05) is 0 Å². The van der Waals surface area contributed by atoms with Crippen LogP contribution in [0.1, 0.15) is 51.7 Å². The van der Waals surface area contributed by atoms with Gasteiger partial charge in [0.2, 0.25) is 0 Å². The Balaban J connectivity index is 3.25. The Morgan fingerprint density at radius 3 is 2.67 bits per heavy atom. The van der Waals surface area contributed by atoms with Crippen molar-refractivity contribution < 1.29 is 4.79 Å². The molecular weight excluding hydrogens is 282 g/mol. The quantitative estimate of drug-likeness (QED) is 0.545. The number of benzene rings is 1. The lowest BCUT2D eigenvalue weighted by atomic mass is 9.73. The minimum absolute atomic E-state index is 0.0261. The molecule has 112 valence electrons. The molecule has 2 nitrogen and oxygen atoms in total. The van der Waals surface area contributed by atoms with Crippen molar-refractivity contribution in [1.29, 1.82) is 5.26 Å². The summed E-state index contributed by atoms with van der Waals surface area (Å²) >= 11 is 6.02. The first kappa shape index (κ1) is 17.5. The predicted octanol–water partition coefficient (Wildman–Crippen LogP) is 5.05. The van der Waals surface area contributed by atoms with Crippen molar-refractivity contribution in [3.63, 3.8) is 0 Å². The van der Waals surface area contributed by atoms with Crippen molar-refractivity contribution in [3.8, 4) is 6.07 Å². The maximum absolute atomic E-state index is 11.0. The molecule has 0 N–H and O–H groups in total. The van der Waals surface area contributed by atoms with Crippen LogP contribution < -0.4 is 0 Å². The molecule has 0 aliphatic carbocycles. The maximum Gasteiger partial charge on any atom is 0.122 e. The van der Waals surface area contributed by atoms with E-state index in [0.29, 0.717) is 10.6 Å². The highest BCUT2D eigenvalue weighted by Crippen LogP contribution is 2.36. The van der Waals surface area contributed by atoms with E-state index < -0.39 is 0 Å². The number of nitrogens with zero attached hydrogens (tertiary/aromatic N) is 1. The molecule has 1 aromatic carbocycles. The molecule has 1 aromatic rings. The molecule has 0 saturated carbocycles. The Morgan fingerprint density at radius 2 is 2.14 bits per heavy atom. The van der Waals surface area contributed by atoms with E-state index in [4.69, 9.17) is 16.9 Å². The van der Waals surface area contributed by atoms with E-state index in [0.717, 1.165) is 24.7 Å². The number of hydrogen-bond acceptors (Lipinski definition) is 2. The van der Waals surface area contributed by atoms with Crippen molar-refractivity contribution in [2.45, 2.75) is 46.0 Å². The first-order chi connectivity index (χ1) is 9.82. The molecule has 0 saturated heterocycles. The molecule has 0 radical (unpaired) electrons. The lowest BCUT2D eigenvalue weighted by Gasteiger charge is -2.31. The van der Waals surface area contributed by atoms with E-state index in [2.05, 4.69) is 32.9 Å². The molecule has 0 aliphatic rings. The van der Waals surface area contributed by atoms with Gasteiger partial charge < -0.3 is 4.79 Å². The van der Waals surface area contributed by atoms with Gasteiger partial charge in [0.25, 0.3) is 0 Å². The molecule has 0 spiro atoms. The number of nitriles is 1. The monoisotopic (exact) mass is 303 g/mol. The van der Waals surface area contributed by atoms with Gasteiger partial charge in [0.1, 0.15) is 12.4 Å². The standard InChI is InChI=1S/C18H22ClNO/c1-13(2)7-8-18(4,10-14(3)12-21)16-5-6-17(19)15(9-16)11-20/h5-7,9,12,14H,8,10H2,1-4H3. The molecular formula is C18H22ClNO. The molecule has 21 heavy (non-hydrogen) atoms. The highest BCUT2D eigenvalue weighted by atomic mass is 35.5. The number of aldehydes is 1. The average molecular weight is 304 g/mol. The minimum Gasteiger partial charge on any atom is -0.303 e. The van der Waals surface area contributed by atoms with Crippen LogP contribution >= 0.6 is 11.6 Å². The third-order valence-corrected chi connectivity index (χ3v) is 4.08. The summed E-state index contributed by atoms with van der Waals surface area (Å²) in [6, 6.07) is 7.69. The smallest absolute Gasteiger partial charge is 0.122 e. The van der Waals surface area contributed by atoms with Crippen LogP contribution in [0.2, 0.25) is 5.02 Å². The highest BCUT2D eigenvalue weighted by Gasteiger charge is 2.28. The van der Waals surface area contributed by atoms with Crippen LogP contribution in [0, 0.1) is 17.2 Å². The van der Waals surface area contributed by atoms with Gasteiger partial charge in [-0.3, -0.25) is 0 Å². The van der Waals surface area contributed by atoms with Crippen LogP contribution in [0.4, 0.5) is 0 Å². The summed E-state index contributed by atoms with van der Waals surface area (Å²) in [5.74, 6) is -0.0261. The second-order valence-corrected chi connectivity index (χ2v) is 6.58. The van der Waals surface area contributed by atoms with Crippen LogP contribution in [0.15, 0.2) is 29.8 Å². The van der Waals surface area contributed by atoms with Gasteiger partial charge in [-0.15, -0.1) is 0 Å². The molecule has 1 rings (SSSR count). The normalized spacial score (nSPS) is 14.7. The number of carbonyl (C=O) groups is 1. The van der Waals surface area contributed by atoms with Crippen LogP contribution in [-0.2, 0) is 10.2 Å². The van der Waals surface area contributed by atoms with Crippen molar-refractivity contribution in [3.05, 3.63) is 46.0 Å². The number of rotatable bonds is 6. The third-order valence-electron chi connectivity index (χ3n) is 3.75. The second-order valence-electron chi connectivity index (χ2n) is 6.17. The maximum atomic E-state index is 11.0. The first-order valence-corrected chi connectivity index (χ1v) is 7.49. The highest BCUT2D eigenvalue weighted by molar-refractivity contribution is 6.31.